The van der Waals surface area contributed by atoms with Crippen molar-refractivity contribution < 1.29 is 13.3 Å². The van der Waals surface area contributed by atoms with Gasteiger partial charge >= 0.3 is 0 Å². The number of benzene rings is 3. The first kappa shape index (κ1) is 35.4. The number of aryl methyl sites for hydroxylation is 2. The summed E-state index contributed by atoms with van der Waals surface area (Å²) in [5.41, 5.74) is 8.10. The monoisotopic (exact) mass is 593 g/mol. The summed E-state index contributed by atoms with van der Waals surface area (Å²) in [5.74, 6) is 1.47. The zero-order chi connectivity index (χ0) is 31.1. The molecule has 2 aliphatic rings. The van der Waals surface area contributed by atoms with E-state index >= 15 is 0 Å². The average molecular weight is 594 g/mol. The van der Waals surface area contributed by atoms with Crippen molar-refractivity contribution in [3.05, 3.63) is 94.5 Å². The van der Waals surface area contributed by atoms with Crippen molar-refractivity contribution in [1.82, 2.24) is 4.90 Å². The molecule has 2 atom stereocenters. The van der Waals surface area contributed by atoms with Crippen molar-refractivity contribution in [3.8, 4) is 5.75 Å². The minimum atomic E-state index is -1.05. The SMILES string of the molecule is CC.CC.CC.Cc1cccc(C2=C(c3ccc(O[C@H]4CCN(CCCF)C4)cc3)c3ccc(C)cc3S(=O)CC2)c1. The summed E-state index contributed by atoms with van der Waals surface area (Å²) in [6.45, 7) is 18.5. The van der Waals surface area contributed by atoms with E-state index in [-0.39, 0.29) is 12.8 Å². The molecule has 0 radical (unpaired) electrons. The van der Waals surface area contributed by atoms with Gasteiger partial charge in [-0.2, -0.15) is 0 Å². The van der Waals surface area contributed by atoms with Gasteiger partial charge in [0.25, 0.3) is 0 Å². The smallest absolute Gasteiger partial charge is 0.119 e. The van der Waals surface area contributed by atoms with Gasteiger partial charge in [0.15, 0.2) is 0 Å². The summed E-state index contributed by atoms with van der Waals surface area (Å²) >= 11 is 0. The standard InChI is InChI=1S/C31H34FNO2S.3C2H6/c1-22-5-3-6-25(19-22)28-14-18-36(34)30-20-23(2)7-12-29(30)31(28)24-8-10-26(11-9-24)35-27-13-17-33(21-27)16-4-15-32;3*1-2/h3,5-12,19-20,27H,4,13-18,21H2,1-2H3;3*1-2H3/t27-,36?;;;/m0.../s1. The summed E-state index contributed by atoms with van der Waals surface area (Å²) in [5, 5.41) is 0. The highest BCUT2D eigenvalue weighted by Gasteiger charge is 2.25. The van der Waals surface area contributed by atoms with Crippen LogP contribution in [0.25, 0.3) is 11.1 Å². The number of fused-ring (bicyclic) bond motifs is 1. The molecule has 1 unspecified atom stereocenters. The van der Waals surface area contributed by atoms with E-state index in [2.05, 4.69) is 85.5 Å². The molecule has 42 heavy (non-hydrogen) atoms. The van der Waals surface area contributed by atoms with E-state index in [0.717, 1.165) is 65.4 Å². The van der Waals surface area contributed by atoms with Crippen molar-refractivity contribution in [2.24, 2.45) is 0 Å². The predicted molar refractivity (Wildman–Crippen MR) is 181 cm³/mol. The maximum absolute atomic E-state index is 13.3. The van der Waals surface area contributed by atoms with Gasteiger partial charge in [-0.15, -0.1) is 0 Å². The Hall–Kier alpha value is -2.76. The minimum absolute atomic E-state index is 0.140. The van der Waals surface area contributed by atoms with E-state index in [4.69, 9.17) is 4.74 Å². The molecule has 0 spiro atoms. The van der Waals surface area contributed by atoms with Crippen molar-refractivity contribution >= 4 is 21.9 Å². The van der Waals surface area contributed by atoms with Gasteiger partial charge in [-0.3, -0.25) is 13.5 Å². The zero-order valence-electron chi connectivity index (χ0n) is 27.1. The van der Waals surface area contributed by atoms with E-state index < -0.39 is 10.8 Å². The summed E-state index contributed by atoms with van der Waals surface area (Å²) < 4.78 is 32.1. The van der Waals surface area contributed by atoms with Crippen LogP contribution in [0.2, 0.25) is 0 Å². The quantitative estimate of drug-likeness (QED) is 0.273. The van der Waals surface area contributed by atoms with E-state index in [9.17, 15) is 8.60 Å². The van der Waals surface area contributed by atoms with Gasteiger partial charge in [0.1, 0.15) is 11.9 Å². The fourth-order valence-corrected chi connectivity index (χ4v) is 6.68. The third-order valence-electron chi connectivity index (χ3n) is 7.14. The molecule has 0 N–H and O–H groups in total. The second kappa shape index (κ2) is 18.7. The number of rotatable bonds is 7. The Bertz CT molecular complexity index is 1290. The summed E-state index contributed by atoms with van der Waals surface area (Å²) in [4.78, 5) is 3.20. The van der Waals surface area contributed by atoms with Gasteiger partial charge in [0, 0.05) is 30.3 Å². The molecule has 2 heterocycles. The largest absolute Gasteiger partial charge is 0.489 e. The van der Waals surface area contributed by atoms with E-state index in [0.29, 0.717) is 12.2 Å². The van der Waals surface area contributed by atoms with Gasteiger partial charge in [-0.05, 0) is 84.7 Å². The lowest BCUT2D eigenvalue weighted by molar-refractivity contribution is 0.198. The molecule has 0 saturated carbocycles. The molecule has 0 aromatic heterocycles. The Balaban J connectivity index is 0.000000966. The van der Waals surface area contributed by atoms with Crippen LogP contribution in [0.15, 0.2) is 71.6 Å². The summed E-state index contributed by atoms with van der Waals surface area (Å²) in [7, 11) is -1.05. The van der Waals surface area contributed by atoms with Crippen LogP contribution in [-0.4, -0.2) is 47.3 Å². The normalized spacial score (nSPS) is 17.8. The number of hydrogen-bond acceptors (Lipinski definition) is 3. The number of likely N-dealkylation sites (tertiary alicyclic amines) is 1. The van der Waals surface area contributed by atoms with E-state index in [1.54, 1.807) is 0 Å². The van der Waals surface area contributed by atoms with Gasteiger partial charge in [-0.25, -0.2) is 0 Å². The highest BCUT2D eigenvalue weighted by molar-refractivity contribution is 7.85. The minimum Gasteiger partial charge on any atom is -0.489 e. The Morgan fingerprint density at radius 3 is 2.24 bits per heavy atom. The zero-order valence-corrected chi connectivity index (χ0v) is 28.0. The second-order valence-corrected chi connectivity index (χ2v) is 11.5. The number of hydrogen-bond donors (Lipinski definition) is 0. The molecule has 0 aliphatic carbocycles. The number of allylic oxidation sites excluding steroid dienone is 1. The third kappa shape index (κ3) is 9.37. The van der Waals surface area contributed by atoms with Crippen LogP contribution in [0.5, 0.6) is 5.75 Å². The molecule has 5 heteroatoms. The van der Waals surface area contributed by atoms with Crippen molar-refractivity contribution in [2.75, 3.05) is 32.1 Å². The van der Waals surface area contributed by atoms with E-state index in [1.165, 1.54) is 16.7 Å². The Labute approximate surface area is 257 Å². The first-order valence-electron chi connectivity index (χ1n) is 15.9. The van der Waals surface area contributed by atoms with Gasteiger partial charge in [0.05, 0.1) is 17.5 Å². The van der Waals surface area contributed by atoms with Crippen LogP contribution in [0, 0.1) is 13.8 Å². The van der Waals surface area contributed by atoms with Crippen molar-refractivity contribution in [2.45, 2.75) is 85.7 Å². The average Bonchev–Trinajstić information content (AvgIpc) is 3.43. The fraction of sp³-hybridized carbons (Fsp3) is 0.459. The van der Waals surface area contributed by atoms with Crippen LogP contribution in [0.4, 0.5) is 4.39 Å². The predicted octanol–water partition coefficient (Wildman–Crippen LogP) is 9.67. The van der Waals surface area contributed by atoms with Crippen LogP contribution in [0.1, 0.15) is 88.6 Å². The van der Waals surface area contributed by atoms with Gasteiger partial charge in [0.2, 0.25) is 0 Å². The summed E-state index contributed by atoms with van der Waals surface area (Å²) in [6.07, 6.45) is 2.45. The van der Waals surface area contributed by atoms with Crippen LogP contribution in [-0.2, 0) is 10.8 Å². The Morgan fingerprint density at radius 2 is 1.57 bits per heavy atom. The topological polar surface area (TPSA) is 29.5 Å². The molecular formula is C37H52FNO2S. The van der Waals surface area contributed by atoms with Crippen molar-refractivity contribution in [1.29, 1.82) is 0 Å². The molecule has 5 rings (SSSR count). The lowest BCUT2D eigenvalue weighted by atomic mass is 9.87. The molecule has 230 valence electrons. The van der Waals surface area contributed by atoms with Gasteiger partial charge in [-0.1, -0.05) is 95.6 Å². The van der Waals surface area contributed by atoms with Crippen LogP contribution >= 0.6 is 0 Å². The molecule has 3 nitrogen and oxygen atoms in total. The number of nitrogens with zero attached hydrogens (tertiary/aromatic N) is 1. The molecular weight excluding hydrogens is 541 g/mol. The highest BCUT2D eigenvalue weighted by Crippen LogP contribution is 2.40. The van der Waals surface area contributed by atoms with Crippen molar-refractivity contribution in [3.63, 3.8) is 0 Å². The second-order valence-electron chi connectivity index (χ2n) is 9.92. The first-order chi connectivity index (χ1) is 20.5. The number of alkyl halides is 1. The molecule has 0 bridgehead atoms. The maximum Gasteiger partial charge on any atom is 0.119 e. The van der Waals surface area contributed by atoms with Gasteiger partial charge < -0.3 is 4.74 Å². The molecule has 3 aromatic carbocycles. The number of ether oxygens (including phenoxy) is 1. The molecule has 3 aromatic rings. The molecule has 0 amide bonds. The molecule has 2 aliphatic heterocycles. The Kier molecular flexibility index (Phi) is 15.8. The summed E-state index contributed by atoms with van der Waals surface area (Å²) in [6, 6.07) is 23.3. The molecule has 1 fully saturated rings. The fourth-order valence-electron chi connectivity index (χ4n) is 5.34. The lowest BCUT2D eigenvalue weighted by Gasteiger charge is -2.18. The Morgan fingerprint density at radius 1 is 0.881 bits per heavy atom. The lowest BCUT2D eigenvalue weighted by Crippen LogP contribution is -2.26. The maximum atomic E-state index is 13.3. The third-order valence-corrected chi connectivity index (χ3v) is 8.54. The first-order valence-corrected chi connectivity index (χ1v) is 17.2. The van der Waals surface area contributed by atoms with E-state index in [1.807, 2.05) is 41.5 Å². The van der Waals surface area contributed by atoms with Crippen LogP contribution in [0.3, 0.4) is 0 Å². The van der Waals surface area contributed by atoms with Crippen LogP contribution < -0.4 is 4.74 Å². The highest BCUT2D eigenvalue weighted by atomic mass is 32.2. The number of halogens is 1. The molecule has 1 saturated heterocycles.